The van der Waals surface area contributed by atoms with E-state index in [-0.39, 0.29) is 11.1 Å². The fourth-order valence-electron chi connectivity index (χ4n) is 1.37. The topological polar surface area (TPSA) is 33.5 Å². The van der Waals surface area contributed by atoms with Crippen molar-refractivity contribution in [3.8, 4) is 0 Å². The summed E-state index contributed by atoms with van der Waals surface area (Å²) in [7, 11) is 1.76. The number of rotatable bonds is 6. The van der Waals surface area contributed by atoms with Gasteiger partial charge >= 0.3 is 0 Å². The predicted octanol–water partition coefficient (Wildman–Crippen LogP) is 3.41. The van der Waals surface area contributed by atoms with Gasteiger partial charge in [-0.2, -0.15) is 0 Å². The highest BCUT2D eigenvalue weighted by atomic mass is 35.5. The fraction of sp³-hybridized carbons (Fsp3) is 0.545. The van der Waals surface area contributed by atoms with Crippen LogP contribution in [0.5, 0.6) is 0 Å². The van der Waals surface area contributed by atoms with Gasteiger partial charge in [-0.05, 0) is 30.5 Å². The van der Waals surface area contributed by atoms with Crippen molar-refractivity contribution < 1.29 is 9.21 Å². The van der Waals surface area contributed by atoms with Crippen LogP contribution in [0.2, 0.25) is 5.22 Å². The predicted molar refractivity (Wildman–Crippen MR) is 65.2 cm³/mol. The molecule has 1 aromatic heterocycles. The molecule has 3 nitrogen and oxygen atoms in total. The Morgan fingerprint density at radius 3 is 2.75 bits per heavy atom. The number of furan rings is 1. The van der Waals surface area contributed by atoms with E-state index in [1.165, 1.54) is 6.26 Å². The molecule has 0 aromatic carbocycles. The molecule has 0 saturated carbocycles. The Bertz CT molecular complexity index is 338. The third kappa shape index (κ3) is 3.72. The summed E-state index contributed by atoms with van der Waals surface area (Å²) in [6, 6.07) is 1.58. The van der Waals surface area contributed by atoms with Crippen molar-refractivity contribution in [3.05, 3.63) is 23.1 Å². The van der Waals surface area contributed by atoms with Gasteiger partial charge in [0.05, 0.1) is 11.8 Å². The maximum Gasteiger partial charge on any atom is 0.258 e. The van der Waals surface area contributed by atoms with Crippen LogP contribution in [0.4, 0.5) is 0 Å². The largest absolute Gasteiger partial charge is 0.452 e. The van der Waals surface area contributed by atoms with Crippen molar-refractivity contribution in [2.75, 3.05) is 19.5 Å². The molecule has 0 N–H and O–H groups in total. The summed E-state index contributed by atoms with van der Waals surface area (Å²) in [5.41, 5.74) is 0.418. The number of hydrogen-bond donors (Lipinski definition) is 0. The van der Waals surface area contributed by atoms with Crippen molar-refractivity contribution >= 4 is 29.1 Å². The lowest BCUT2D eigenvalue weighted by Crippen LogP contribution is -2.27. The summed E-state index contributed by atoms with van der Waals surface area (Å²) in [5, 5.41) is 0.151. The van der Waals surface area contributed by atoms with E-state index in [1.54, 1.807) is 18.0 Å². The number of amides is 1. The molecule has 0 unspecified atom stereocenters. The van der Waals surface area contributed by atoms with E-state index in [0.29, 0.717) is 18.0 Å². The first-order valence-electron chi connectivity index (χ1n) is 5.21. The van der Waals surface area contributed by atoms with E-state index in [2.05, 4.69) is 0 Å². The Labute approximate surface area is 105 Å². The molecular weight excluding hydrogens is 249 g/mol. The number of carbonyl (C=O) groups excluding carboxylic acids is 1. The fourth-order valence-corrected chi connectivity index (χ4v) is 1.76. The average Bonchev–Trinajstić information content (AvgIpc) is 2.69. The highest BCUT2D eigenvalue weighted by Crippen LogP contribution is 2.18. The quantitative estimate of drug-likeness (QED) is 0.582. The molecule has 16 heavy (non-hydrogen) atoms. The molecule has 5 heteroatoms. The molecule has 1 rings (SSSR count). The van der Waals surface area contributed by atoms with Gasteiger partial charge in [0.1, 0.15) is 0 Å². The maximum atomic E-state index is 11.8. The van der Waals surface area contributed by atoms with Crippen molar-refractivity contribution in [1.82, 2.24) is 4.90 Å². The van der Waals surface area contributed by atoms with Gasteiger partial charge in [-0.25, -0.2) is 0 Å². The number of alkyl halides is 1. The van der Waals surface area contributed by atoms with Gasteiger partial charge in [0.15, 0.2) is 0 Å². The number of unbranched alkanes of at least 4 members (excludes halogenated alkanes) is 2. The highest BCUT2D eigenvalue weighted by Gasteiger charge is 2.16. The third-order valence-corrected chi connectivity index (χ3v) is 2.88. The number of carbonyl (C=O) groups is 1. The van der Waals surface area contributed by atoms with Gasteiger partial charge in [0, 0.05) is 19.5 Å². The molecule has 1 heterocycles. The molecule has 0 atom stereocenters. The van der Waals surface area contributed by atoms with Crippen LogP contribution in [-0.2, 0) is 0 Å². The van der Waals surface area contributed by atoms with Crippen LogP contribution in [0.15, 0.2) is 16.7 Å². The SMILES string of the molecule is CN(CCCCCCl)C(=O)c1ccoc1Cl. The summed E-state index contributed by atoms with van der Waals surface area (Å²) in [6.45, 7) is 0.706. The van der Waals surface area contributed by atoms with E-state index in [4.69, 9.17) is 27.6 Å². The van der Waals surface area contributed by atoms with Gasteiger partial charge in [-0.15, -0.1) is 11.6 Å². The molecular formula is C11H15Cl2NO2. The van der Waals surface area contributed by atoms with Crippen LogP contribution in [0.3, 0.4) is 0 Å². The molecule has 0 radical (unpaired) electrons. The number of hydrogen-bond acceptors (Lipinski definition) is 2. The number of halogens is 2. The molecule has 1 aromatic rings. The van der Waals surface area contributed by atoms with E-state index < -0.39 is 0 Å². The average molecular weight is 264 g/mol. The van der Waals surface area contributed by atoms with Crippen molar-refractivity contribution in [2.45, 2.75) is 19.3 Å². The zero-order valence-electron chi connectivity index (χ0n) is 9.21. The Morgan fingerprint density at radius 1 is 1.44 bits per heavy atom. The third-order valence-electron chi connectivity index (χ3n) is 2.32. The Morgan fingerprint density at radius 2 is 2.19 bits per heavy atom. The second-order valence-electron chi connectivity index (χ2n) is 3.58. The van der Waals surface area contributed by atoms with Crippen LogP contribution in [-0.4, -0.2) is 30.3 Å². The summed E-state index contributed by atoms with van der Waals surface area (Å²) >= 11 is 11.3. The molecule has 0 bridgehead atoms. The molecule has 0 spiro atoms. The Balaban J connectivity index is 2.40. The zero-order valence-corrected chi connectivity index (χ0v) is 10.7. The van der Waals surface area contributed by atoms with Crippen LogP contribution in [0.25, 0.3) is 0 Å². The first kappa shape index (κ1) is 13.4. The van der Waals surface area contributed by atoms with Crippen molar-refractivity contribution in [2.24, 2.45) is 0 Å². The second kappa shape index (κ2) is 6.81. The Kier molecular flexibility index (Phi) is 5.71. The van der Waals surface area contributed by atoms with Crippen molar-refractivity contribution in [1.29, 1.82) is 0 Å². The minimum Gasteiger partial charge on any atom is -0.452 e. The standard InChI is InChI=1S/C11H15Cl2NO2/c1-14(7-4-2-3-6-12)11(15)9-5-8-16-10(9)13/h5,8H,2-4,6-7H2,1H3. The minimum atomic E-state index is -0.107. The minimum absolute atomic E-state index is 0.107. The number of nitrogens with zero attached hydrogens (tertiary/aromatic N) is 1. The van der Waals surface area contributed by atoms with Gasteiger partial charge in [0.25, 0.3) is 5.91 Å². The van der Waals surface area contributed by atoms with Gasteiger partial charge in [-0.1, -0.05) is 6.42 Å². The molecule has 0 aliphatic rings. The van der Waals surface area contributed by atoms with Crippen LogP contribution in [0.1, 0.15) is 29.6 Å². The molecule has 0 fully saturated rings. The molecule has 0 aliphatic carbocycles. The van der Waals surface area contributed by atoms with Gasteiger partial charge in [0.2, 0.25) is 5.22 Å². The smallest absolute Gasteiger partial charge is 0.258 e. The van der Waals surface area contributed by atoms with E-state index in [9.17, 15) is 4.79 Å². The second-order valence-corrected chi connectivity index (χ2v) is 4.31. The molecule has 0 aliphatic heterocycles. The van der Waals surface area contributed by atoms with Crippen LogP contribution in [0, 0.1) is 0 Å². The van der Waals surface area contributed by atoms with Crippen LogP contribution < -0.4 is 0 Å². The Hall–Kier alpha value is -0.670. The first-order valence-corrected chi connectivity index (χ1v) is 6.12. The summed E-state index contributed by atoms with van der Waals surface area (Å²) < 4.78 is 4.88. The van der Waals surface area contributed by atoms with E-state index in [0.717, 1.165) is 19.3 Å². The summed E-state index contributed by atoms with van der Waals surface area (Å²) in [6.07, 6.45) is 4.37. The van der Waals surface area contributed by atoms with Crippen LogP contribution >= 0.6 is 23.2 Å². The summed E-state index contributed by atoms with van der Waals surface area (Å²) in [4.78, 5) is 13.5. The van der Waals surface area contributed by atoms with Gasteiger partial charge in [-0.3, -0.25) is 4.79 Å². The van der Waals surface area contributed by atoms with E-state index >= 15 is 0 Å². The maximum absolute atomic E-state index is 11.8. The normalized spacial score (nSPS) is 10.4. The first-order chi connectivity index (χ1) is 7.66. The highest BCUT2D eigenvalue weighted by molar-refractivity contribution is 6.32. The zero-order chi connectivity index (χ0) is 12.0. The van der Waals surface area contributed by atoms with Gasteiger partial charge < -0.3 is 9.32 Å². The molecule has 90 valence electrons. The lowest BCUT2D eigenvalue weighted by molar-refractivity contribution is 0.0792. The van der Waals surface area contributed by atoms with Crippen molar-refractivity contribution in [3.63, 3.8) is 0 Å². The monoisotopic (exact) mass is 263 g/mol. The van der Waals surface area contributed by atoms with E-state index in [1.807, 2.05) is 0 Å². The lowest BCUT2D eigenvalue weighted by atomic mass is 10.2. The molecule has 1 amide bonds. The molecule has 0 saturated heterocycles. The lowest BCUT2D eigenvalue weighted by Gasteiger charge is -2.16. The summed E-state index contributed by atoms with van der Waals surface area (Å²) in [5.74, 6) is 0.565.